The smallest absolute Gasteiger partial charge is 0.741 e. The average molecular weight is 1010 g/mol. The van der Waals surface area contributed by atoms with Crippen molar-refractivity contribution in [3.63, 3.8) is 0 Å². The van der Waals surface area contributed by atoms with Gasteiger partial charge >= 0.3 is 28.1 Å². The predicted molar refractivity (Wildman–Crippen MR) is 236 cm³/mol. The SMILES string of the molecule is CN(C)C(=Nc1cccc2ccc(C3CCCCC3)nc12)N(C)C.CN(C)C(=Nc1cccc2ccc(C3CCCCC3)nc12)N(C)C.O=S(=O)([O-])C(F)(F)F.O=S(=O)([O-])C(F)(F)F.[Cu+2]. The number of pyridine rings is 2. The third-order valence-corrected chi connectivity index (χ3v) is 11.2. The van der Waals surface area contributed by atoms with Gasteiger partial charge in [-0.05, 0) is 49.9 Å². The first kappa shape index (κ1) is 56.8. The number of aliphatic imine (C=N–C) groups is 2. The minimum absolute atomic E-state index is 0. The standard InChI is InChI=1S/2C20H28N4.2CHF3O3S.Cu/c2*1-23(2)20(24(3)4)22-18-12-8-11-16-13-14-17(21-19(16)18)15-9-6-5-7-10-15;2*2-1(3,4)8(5,6)7;/h2*8,11-15H,5-7,9-10H2,1-4H3;2*(H,5,6,7);/q;;;;+2/p-2. The summed E-state index contributed by atoms with van der Waals surface area (Å²) in [6, 6.07) is 21.3. The van der Waals surface area contributed by atoms with Crippen LogP contribution in [0.25, 0.3) is 21.8 Å². The Kier molecular flexibility index (Phi) is 21.4. The monoisotopic (exact) mass is 1010 g/mol. The third kappa shape index (κ3) is 17.1. The summed E-state index contributed by atoms with van der Waals surface area (Å²) in [4.78, 5) is 27.9. The first-order chi connectivity index (χ1) is 29.6. The van der Waals surface area contributed by atoms with Crippen molar-refractivity contribution >= 4 is 65.3 Å². The summed E-state index contributed by atoms with van der Waals surface area (Å²) in [6.45, 7) is 0. The molecule has 2 aliphatic carbocycles. The molecule has 0 aliphatic heterocycles. The zero-order chi connectivity index (χ0) is 48.2. The number of fused-ring (bicyclic) bond motifs is 2. The predicted octanol–water partition coefficient (Wildman–Crippen LogP) is 8.89. The molecule has 2 aromatic carbocycles. The molecule has 23 heteroatoms. The maximum atomic E-state index is 10.7. The van der Waals surface area contributed by atoms with Crippen molar-refractivity contribution < 1.29 is 69.4 Å². The molecule has 2 aliphatic rings. The van der Waals surface area contributed by atoms with E-state index in [4.69, 9.17) is 45.9 Å². The van der Waals surface area contributed by atoms with Gasteiger partial charge in [0, 0.05) is 90.4 Å². The van der Waals surface area contributed by atoms with Crippen LogP contribution in [0.15, 0.2) is 70.6 Å². The minimum atomic E-state index is -6.09. The molecule has 1 radical (unpaired) electrons. The van der Waals surface area contributed by atoms with Gasteiger partial charge in [0.2, 0.25) is 11.9 Å². The van der Waals surface area contributed by atoms with Crippen molar-refractivity contribution in [2.24, 2.45) is 9.98 Å². The fourth-order valence-electron chi connectivity index (χ4n) is 7.14. The zero-order valence-electron chi connectivity index (χ0n) is 37.4. The Hall–Kier alpha value is -4.28. The van der Waals surface area contributed by atoms with E-state index in [1.54, 1.807) is 0 Å². The number of halogens is 6. The number of alkyl halides is 6. The van der Waals surface area contributed by atoms with Gasteiger partial charge in [-0.15, -0.1) is 0 Å². The van der Waals surface area contributed by atoms with E-state index in [0.717, 1.165) is 45.1 Å². The van der Waals surface area contributed by atoms with E-state index in [-0.39, 0.29) is 17.1 Å². The molecule has 2 aromatic heterocycles. The summed E-state index contributed by atoms with van der Waals surface area (Å²) in [5.74, 6) is 3.07. The van der Waals surface area contributed by atoms with Gasteiger partial charge in [0.05, 0.1) is 22.4 Å². The molecule has 14 nitrogen and oxygen atoms in total. The van der Waals surface area contributed by atoms with E-state index in [1.165, 1.54) is 75.6 Å². The van der Waals surface area contributed by atoms with Crippen molar-refractivity contribution in [3.05, 3.63) is 72.1 Å². The molecule has 0 N–H and O–H groups in total. The van der Waals surface area contributed by atoms with Crippen LogP contribution in [0.2, 0.25) is 0 Å². The Labute approximate surface area is 388 Å². The van der Waals surface area contributed by atoms with Gasteiger partial charge < -0.3 is 28.7 Å². The van der Waals surface area contributed by atoms with E-state index < -0.39 is 31.3 Å². The second-order valence-electron chi connectivity index (χ2n) is 16.0. The molecule has 0 bridgehead atoms. The number of rotatable bonds is 4. The van der Waals surface area contributed by atoms with Gasteiger partial charge in [0.1, 0.15) is 0 Å². The fraction of sp³-hybridized carbons (Fsp3) is 0.524. The van der Waals surface area contributed by atoms with E-state index >= 15 is 0 Å². The summed E-state index contributed by atoms with van der Waals surface area (Å²) in [7, 11) is 3.97. The van der Waals surface area contributed by atoms with Crippen LogP contribution < -0.4 is 0 Å². The van der Waals surface area contributed by atoms with Crippen LogP contribution in [0, 0.1) is 0 Å². The molecule has 4 aromatic rings. The largest absolute Gasteiger partial charge is 2.00 e. The molecule has 6 rings (SSSR count). The van der Waals surface area contributed by atoms with Gasteiger partial charge in [-0.1, -0.05) is 74.9 Å². The second-order valence-corrected chi connectivity index (χ2v) is 18.8. The Morgan fingerprint density at radius 3 is 1.05 bits per heavy atom. The molecule has 365 valence electrons. The van der Waals surface area contributed by atoms with Gasteiger partial charge in [-0.3, -0.25) is 9.97 Å². The number of benzene rings is 2. The van der Waals surface area contributed by atoms with Crippen molar-refractivity contribution in [1.29, 1.82) is 0 Å². The molecule has 2 fully saturated rings. The minimum Gasteiger partial charge on any atom is -0.741 e. The molecule has 2 heterocycles. The van der Waals surface area contributed by atoms with Crippen LogP contribution in [0.3, 0.4) is 0 Å². The zero-order valence-corrected chi connectivity index (χ0v) is 40.0. The summed E-state index contributed by atoms with van der Waals surface area (Å²) >= 11 is 0. The van der Waals surface area contributed by atoms with Gasteiger partial charge in [-0.25, -0.2) is 26.8 Å². The quantitative estimate of drug-likeness (QED) is 0.0475. The van der Waals surface area contributed by atoms with Crippen LogP contribution in [-0.2, 0) is 37.3 Å². The van der Waals surface area contributed by atoms with Crippen molar-refractivity contribution in [2.45, 2.75) is 87.1 Å². The average Bonchev–Trinajstić information content (AvgIpc) is 3.21. The summed E-state index contributed by atoms with van der Waals surface area (Å²) in [5, 5.41) is 2.32. The van der Waals surface area contributed by atoms with Crippen LogP contribution in [0.4, 0.5) is 37.7 Å². The fourth-order valence-corrected chi connectivity index (χ4v) is 7.14. The molecule has 65 heavy (non-hydrogen) atoms. The topological polar surface area (TPSA) is 178 Å². The Balaban J connectivity index is 0.000000333. The van der Waals surface area contributed by atoms with Crippen LogP contribution in [-0.4, -0.2) is 135 Å². The Bertz CT molecular complexity index is 2250. The molecule has 0 saturated heterocycles. The first-order valence-electron chi connectivity index (χ1n) is 20.3. The van der Waals surface area contributed by atoms with Crippen molar-refractivity contribution in [2.75, 3.05) is 56.4 Å². The molecule has 2 saturated carbocycles. The molecule has 0 spiro atoms. The number of aromatic nitrogens is 2. The Morgan fingerprint density at radius 1 is 0.523 bits per heavy atom. The number of guanidine groups is 2. The maximum Gasteiger partial charge on any atom is 2.00 e. The van der Waals surface area contributed by atoms with Crippen LogP contribution >= 0.6 is 0 Å². The van der Waals surface area contributed by atoms with Crippen molar-refractivity contribution in [1.82, 2.24) is 29.6 Å². The summed E-state index contributed by atoms with van der Waals surface area (Å²) in [5.41, 5.74) is -4.89. The third-order valence-electron chi connectivity index (χ3n) is 10.1. The molecule has 0 unspecified atom stereocenters. The number of hydrogen-bond donors (Lipinski definition) is 0. The normalized spacial score (nSPS) is 14.8. The van der Waals surface area contributed by atoms with E-state index in [1.807, 2.05) is 76.0 Å². The van der Waals surface area contributed by atoms with E-state index in [2.05, 4.69) is 60.7 Å². The maximum absolute atomic E-state index is 10.7. The summed E-state index contributed by atoms with van der Waals surface area (Å²) in [6.07, 6.45) is 13.1. The summed E-state index contributed by atoms with van der Waals surface area (Å²) < 4.78 is 118. The Morgan fingerprint density at radius 2 is 0.800 bits per heavy atom. The van der Waals surface area contributed by atoms with Gasteiger partial charge in [-0.2, -0.15) is 26.3 Å². The molecular weight excluding hydrogens is 954 g/mol. The van der Waals surface area contributed by atoms with E-state index in [0.29, 0.717) is 11.8 Å². The molecule has 0 atom stereocenters. The van der Waals surface area contributed by atoms with Gasteiger partial charge in [0.15, 0.2) is 20.2 Å². The second kappa shape index (κ2) is 24.5. The van der Waals surface area contributed by atoms with Gasteiger partial charge in [0.25, 0.3) is 0 Å². The first-order valence-corrected chi connectivity index (χ1v) is 23.1. The van der Waals surface area contributed by atoms with Crippen molar-refractivity contribution in [3.8, 4) is 0 Å². The van der Waals surface area contributed by atoms with Crippen LogP contribution in [0.1, 0.15) is 87.4 Å². The van der Waals surface area contributed by atoms with Crippen LogP contribution in [0.5, 0.6) is 0 Å². The molecular formula is C42H56CuF6N8O6S2. The number of nitrogens with zero attached hydrogens (tertiary/aromatic N) is 8. The number of para-hydroxylation sites is 2. The number of hydrogen-bond acceptors (Lipinski definition) is 10. The van der Waals surface area contributed by atoms with E-state index in [9.17, 15) is 26.3 Å². The molecule has 0 amide bonds.